The van der Waals surface area contributed by atoms with Crippen molar-refractivity contribution < 1.29 is 8.78 Å². The van der Waals surface area contributed by atoms with Crippen LogP contribution in [0.15, 0.2) is 72.8 Å². The summed E-state index contributed by atoms with van der Waals surface area (Å²) in [5, 5.41) is 2.84. The van der Waals surface area contributed by atoms with E-state index in [4.69, 9.17) is 0 Å². The summed E-state index contributed by atoms with van der Waals surface area (Å²) in [4.78, 5) is 0. The molecule has 0 saturated carbocycles. The molecule has 4 aromatic rings. The van der Waals surface area contributed by atoms with Gasteiger partial charge in [0.15, 0.2) is 0 Å². The summed E-state index contributed by atoms with van der Waals surface area (Å²) in [6, 6.07) is 23.0. The number of benzene rings is 4. The second-order valence-corrected chi connectivity index (χ2v) is 12.3. The van der Waals surface area contributed by atoms with Gasteiger partial charge in [-0.2, -0.15) is 0 Å². The van der Waals surface area contributed by atoms with E-state index in [9.17, 15) is 8.78 Å². The van der Waals surface area contributed by atoms with Gasteiger partial charge in [-0.1, -0.05) is 0 Å². The predicted molar refractivity (Wildman–Crippen MR) is 114 cm³/mol. The molecule has 0 saturated heterocycles. The van der Waals surface area contributed by atoms with Crippen LogP contribution in [0.1, 0.15) is 11.1 Å². The minimum atomic E-state index is -0.614. The van der Waals surface area contributed by atoms with Gasteiger partial charge in [-0.25, -0.2) is 0 Å². The summed E-state index contributed by atoms with van der Waals surface area (Å²) in [5.74, 6) is -0.374. The van der Waals surface area contributed by atoms with Gasteiger partial charge >= 0.3 is 180 Å². The van der Waals surface area contributed by atoms with Crippen LogP contribution in [0, 0.1) is 11.6 Å². The maximum absolute atomic E-state index is 13.3. The fourth-order valence-corrected chi connectivity index (χ4v) is 8.98. The molecule has 0 heterocycles. The van der Waals surface area contributed by atoms with Gasteiger partial charge < -0.3 is 0 Å². The summed E-state index contributed by atoms with van der Waals surface area (Å²) in [6.45, 7) is 0. The van der Waals surface area contributed by atoms with E-state index in [1.165, 1.54) is 38.0 Å². The summed E-state index contributed by atoms with van der Waals surface area (Å²) in [5.41, 5.74) is 2.88. The van der Waals surface area contributed by atoms with Gasteiger partial charge in [-0.15, -0.1) is 0 Å². The van der Waals surface area contributed by atoms with E-state index in [0.29, 0.717) is 0 Å². The number of aryl methyl sites for hydroxylation is 2. The van der Waals surface area contributed by atoms with Crippen LogP contribution in [0.5, 0.6) is 0 Å². The van der Waals surface area contributed by atoms with Crippen LogP contribution >= 0.6 is 0 Å². The van der Waals surface area contributed by atoms with Crippen molar-refractivity contribution in [3.8, 4) is 0 Å². The van der Waals surface area contributed by atoms with Crippen LogP contribution in [0.25, 0.3) is 10.8 Å². The van der Waals surface area contributed by atoms with Crippen molar-refractivity contribution in [3.05, 3.63) is 95.6 Å². The van der Waals surface area contributed by atoms with E-state index >= 15 is 0 Å². The second kappa shape index (κ2) is 7.62. The molecule has 4 heteroatoms. The molecule has 0 spiro atoms. The molecule has 0 unspecified atom stereocenters. The fraction of sp³-hybridized carbons (Fsp3) is 0.0833. The molecule has 0 aliphatic heterocycles. The van der Waals surface area contributed by atoms with E-state index in [1.54, 1.807) is 24.3 Å². The van der Waals surface area contributed by atoms with Crippen molar-refractivity contribution in [2.75, 3.05) is 0 Å². The molecule has 1 aliphatic rings. The molecule has 28 heavy (non-hydrogen) atoms. The van der Waals surface area contributed by atoms with Crippen LogP contribution in [0.4, 0.5) is 8.78 Å². The van der Waals surface area contributed by atoms with Gasteiger partial charge in [-0.05, 0) is 0 Å². The molecule has 0 amide bonds. The molecule has 0 fully saturated rings. The fourth-order valence-electron chi connectivity index (χ4n) is 3.70. The first-order chi connectivity index (χ1) is 13.7. The molecule has 0 aromatic heterocycles. The van der Waals surface area contributed by atoms with E-state index < -0.39 is 20.9 Å². The van der Waals surface area contributed by atoms with Crippen LogP contribution < -0.4 is 16.1 Å². The zero-order valence-electron chi connectivity index (χ0n) is 14.9. The first-order valence-corrected chi connectivity index (χ1v) is 13.2. The molecule has 0 N–H and O–H groups in total. The first-order valence-electron chi connectivity index (χ1n) is 9.12. The van der Waals surface area contributed by atoms with E-state index in [1.807, 2.05) is 24.3 Å². The van der Waals surface area contributed by atoms with Crippen molar-refractivity contribution in [3.63, 3.8) is 0 Å². The summed E-state index contributed by atoms with van der Waals surface area (Å²) < 4.78 is 31.8. The van der Waals surface area contributed by atoms with Crippen molar-refractivity contribution in [1.82, 2.24) is 0 Å². The molecule has 4 aromatic carbocycles. The first kappa shape index (κ1) is 18.3. The molecule has 5 rings (SSSR count). The van der Waals surface area contributed by atoms with E-state index in [-0.39, 0.29) is 26.6 Å². The molecular weight excluding hydrogens is 533 g/mol. The van der Waals surface area contributed by atoms with Gasteiger partial charge in [0.05, 0.1) is 0 Å². The average molecular weight is 549 g/mol. The average Bonchev–Trinajstić information content (AvgIpc) is 3.13. The number of halogens is 2. The van der Waals surface area contributed by atoms with Gasteiger partial charge in [0.2, 0.25) is 0 Å². The van der Waals surface area contributed by atoms with Crippen molar-refractivity contribution >= 4 is 62.8 Å². The SMILES string of the molecule is Fc1ccc([Se]c2ccc3c4c(ccc([Te]c5ccc(F)cc5)c24)CC3)cc1. The Hall–Kier alpha value is -1.69. The normalized spacial score (nSPS) is 12.6. The Balaban J connectivity index is 1.63. The monoisotopic (exact) mass is 552 g/mol. The zero-order chi connectivity index (χ0) is 19.1. The second-order valence-electron chi connectivity index (χ2n) is 6.81. The third kappa shape index (κ3) is 3.51. The minimum absolute atomic E-state index is 0.123. The van der Waals surface area contributed by atoms with Gasteiger partial charge in [0.1, 0.15) is 0 Å². The Bertz CT molecular complexity index is 1080. The van der Waals surface area contributed by atoms with Gasteiger partial charge in [0, 0.05) is 0 Å². The Labute approximate surface area is 179 Å². The number of hydrogen-bond acceptors (Lipinski definition) is 0. The summed E-state index contributed by atoms with van der Waals surface area (Å²) >= 11 is -0.491. The Morgan fingerprint density at radius 3 is 1.93 bits per heavy atom. The Kier molecular flexibility index (Phi) is 4.99. The summed E-state index contributed by atoms with van der Waals surface area (Å²) in [6.07, 6.45) is 2.21. The quantitative estimate of drug-likeness (QED) is 0.344. The Morgan fingerprint density at radius 1 is 0.643 bits per heavy atom. The molecule has 138 valence electrons. The van der Waals surface area contributed by atoms with Crippen LogP contribution in [0.2, 0.25) is 0 Å². The Morgan fingerprint density at radius 2 is 1.25 bits per heavy atom. The molecule has 0 nitrogen and oxygen atoms in total. The standard InChI is InChI=1S/C24H16F2SeTe/c25-17-5-9-19(10-6-17)27-21-13-3-15-1-2-16-4-14-22(24(21)23(15)16)28-20-11-7-18(26)8-12-20/h3-14H,1-2H2. The van der Waals surface area contributed by atoms with Crippen molar-refractivity contribution in [1.29, 1.82) is 0 Å². The zero-order valence-corrected chi connectivity index (χ0v) is 19.0. The van der Waals surface area contributed by atoms with E-state index in [2.05, 4.69) is 24.3 Å². The molecule has 1 aliphatic carbocycles. The topological polar surface area (TPSA) is 0 Å². The van der Waals surface area contributed by atoms with Crippen LogP contribution in [-0.2, 0) is 12.8 Å². The molecular formula is C24H16F2SeTe. The van der Waals surface area contributed by atoms with Crippen LogP contribution in [-0.4, -0.2) is 35.9 Å². The molecule has 0 bridgehead atoms. The van der Waals surface area contributed by atoms with Crippen molar-refractivity contribution in [2.45, 2.75) is 12.8 Å². The van der Waals surface area contributed by atoms with E-state index in [0.717, 1.165) is 12.8 Å². The molecule has 0 radical (unpaired) electrons. The number of rotatable bonds is 4. The number of hydrogen-bond donors (Lipinski definition) is 0. The third-order valence-electron chi connectivity index (χ3n) is 5.00. The van der Waals surface area contributed by atoms with Crippen LogP contribution in [0.3, 0.4) is 0 Å². The van der Waals surface area contributed by atoms with Gasteiger partial charge in [-0.3, -0.25) is 0 Å². The summed E-state index contributed by atoms with van der Waals surface area (Å²) in [7, 11) is 0. The third-order valence-corrected chi connectivity index (χ3v) is 10.3. The van der Waals surface area contributed by atoms with Crippen molar-refractivity contribution in [2.24, 2.45) is 0 Å². The maximum atomic E-state index is 13.3. The van der Waals surface area contributed by atoms with Gasteiger partial charge in [0.25, 0.3) is 0 Å². The molecule has 0 atom stereocenters. The predicted octanol–water partition coefficient (Wildman–Crippen LogP) is 2.53.